The van der Waals surface area contributed by atoms with E-state index < -0.39 is 45.5 Å². The van der Waals surface area contributed by atoms with Gasteiger partial charge < -0.3 is 10.1 Å². The molecule has 1 unspecified atom stereocenters. The van der Waals surface area contributed by atoms with Crippen LogP contribution in [0.25, 0.3) is 0 Å². The number of halogens is 6. The van der Waals surface area contributed by atoms with E-state index in [4.69, 9.17) is 5.14 Å². The molecule has 0 heterocycles. The van der Waals surface area contributed by atoms with Gasteiger partial charge in [-0.1, -0.05) is 12.1 Å². The minimum atomic E-state index is -4.94. The van der Waals surface area contributed by atoms with E-state index in [9.17, 15) is 34.8 Å². The third kappa shape index (κ3) is 6.53. The largest absolute Gasteiger partial charge is 0.484 e. The maximum atomic E-state index is 13.2. The Bertz CT molecular complexity index is 957. The molecule has 0 aliphatic carbocycles. The molecule has 1 atom stereocenters. The molecule has 0 spiro atoms. The van der Waals surface area contributed by atoms with Crippen LogP contribution in [0.3, 0.4) is 0 Å². The number of alkyl halides is 6. The number of hydrogen-bond donors (Lipinski definition) is 2. The Morgan fingerprint density at radius 1 is 1.03 bits per heavy atom. The van der Waals surface area contributed by atoms with Gasteiger partial charge in [-0.3, -0.25) is 0 Å². The highest BCUT2D eigenvalue weighted by atomic mass is 32.2. The number of sulfonamides is 1. The maximum Gasteiger partial charge on any atom is 0.422 e. The topological polar surface area (TPSA) is 81.4 Å². The van der Waals surface area contributed by atoms with E-state index in [2.05, 4.69) is 10.1 Å². The molecule has 0 bridgehead atoms. The van der Waals surface area contributed by atoms with Gasteiger partial charge in [-0.15, -0.1) is 0 Å². The van der Waals surface area contributed by atoms with Crippen molar-refractivity contribution in [3.05, 3.63) is 53.6 Å². The lowest BCUT2D eigenvalue weighted by atomic mass is 10.1. The second kappa shape index (κ2) is 8.11. The van der Waals surface area contributed by atoms with Gasteiger partial charge in [-0.25, -0.2) is 13.6 Å². The molecule has 2 aromatic rings. The third-order valence-corrected chi connectivity index (χ3v) is 4.73. The molecule has 0 aromatic heterocycles. The van der Waals surface area contributed by atoms with E-state index in [0.717, 1.165) is 12.1 Å². The predicted octanol–water partition coefficient (Wildman–Crippen LogP) is 4.47. The fourth-order valence-electron chi connectivity index (χ4n) is 2.44. The van der Waals surface area contributed by atoms with Crippen molar-refractivity contribution < 1.29 is 39.5 Å². The molecule has 5 nitrogen and oxygen atoms in total. The van der Waals surface area contributed by atoms with Crippen LogP contribution in [0, 0.1) is 0 Å². The van der Waals surface area contributed by atoms with Crippen LogP contribution < -0.4 is 15.2 Å². The summed E-state index contributed by atoms with van der Waals surface area (Å²) in [6.45, 7) is 0.156. The number of ether oxygens (including phenoxy) is 1. The molecule has 0 fully saturated rings. The molecule has 2 rings (SSSR count). The van der Waals surface area contributed by atoms with E-state index >= 15 is 0 Å². The van der Waals surface area contributed by atoms with E-state index in [0.29, 0.717) is 11.6 Å². The number of rotatable bonds is 6. The van der Waals surface area contributed by atoms with Gasteiger partial charge in [0.1, 0.15) is 5.75 Å². The lowest BCUT2D eigenvalue weighted by Gasteiger charge is -2.19. The first-order valence-electron chi connectivity index (χ1n) is 7.97. The van der Waals surface area contributed by atoms with Gasteiger partial charge in [0.15, 0.2) is 6.61 Å². The van der Waals surface area contributed by atoms with Crippen molar-refractivity contribution >= 4 is 15.7 Å². The minimum Gasteiger partial charge on any atom is -0.484 e. The SMILES string of the molecule is CC(Nc1ccc(S(N)(=O)=O)c(C(F)(F)F)c1)c1ccc(OCC(F)(F)F)cc1. The predicted molar refractivity (Wildman–Crippen MR) is 92.8 cm³/mol. The molecule has 0 aliphatic rings. The van der Waals surface area contributed by atoms with Crippen LogP contribution in [-0.2, 0) is 16.2 Å². The zero-order chi connectivity index (χ0) is 22.0. The Labute approximate surface area is 162 Å². The summed E-state index contributed by atoms with van der Waals surface area (Å²) >= 11 is 0. The summed E-state index contributed by atoms with van der Waals surface area (Å²) in [5.41, 5.74) is -0.879. The molecular formula is C17H16F6N2O3S. The van der Waals surface area contributed by atoms with Crippen LogP contribution in [0.4, 0.5) is 32.0 Å². The average molecular weight is 442 g/mol. The number of primary sulfonamides is 1. The Balaban J connectivity index is 2.19. The van der Waals surface area contributed by atoms with Crippen LogP contribution in [0.5, 0.6) is 5.75 Å². The quantitative estimate of drug-likeness (QED) is 0.647. The van der Waals surface area contributed by atoms with Crippen molar-refractivity contribution in [2.45, 2.75) is 30.2 Å². The summed E-state index contributed by atoms with van der Waals surface area (Å²) in [6.07, 6.45) is -9.42. The Morgan fingerprint density at radius 2 is 1.62 bits per heavy atom. The highest BCUT2D eigenvalue weighted by Crippen LogP contribution is 2.36. The standard InChI is InChI=1S/C17H16F6N2O3S/c1-10(11-2-5-13(6-3-11)28-9-16(18,19)20)25-12-4-7-15(29(24,26)27)14(8-12)17(21,22)23/h2-8,10,25H,9H2,1H3,(H2,24,26,27). The second-order valence-corrected chi connectivity index (χ2v) is 7.62. The zero-order valence-corrected chi connectivity index (χ0v) is 15.6. The molecule has 0 amide bonds. The van der Waals surface area contributed by atoms with Gasteiger partial charge in [-0.05, 0) is 42.8 Å². The highest BCUT2D eigenvalue weighted by Gasteiger charge is 2.36. The van der Waals surface area contributed by atoms with Crippen LogP contribution in [0.1, 0.15) is 24.1 Å². The first-order chi connectivity index (χ1) is 13.2. The molecule has 0 saturated carbocycles. The Kier molecular flexibility index (Phi) is 6.38. The zero-order valence-electron chi connectivity index (χ0n) is 14.8. The third-order valence-electron chi connectivity index (χ3n) is 3.76. The van der Waals surface area contributed by atoms with E-state index in [-0.39, 0.29) is 11.4 Å². The molecule has 12 heteroatoms. The number of nitrogens with one attached hydrogen (secondary N) is 1. The van der Waals surface area contributed by atoms with E-state index in [1.807, 2.05) is 0 Å². The summed E-state index contributed by atoms with van der Waals surface area (Å²) in [7, 11) is -4.58. The van der Waals surface area contributed by atoms with Crippen molar-refractivity contribution in [2.75, 3.05) is 11.9 Å². The van der Waals surface area contributed by atoms with Crippen molar-refractivity contribution in [1.82, 2.24) is 0 Å². The summed E-state index contributed by atoms with van der Waals surface area (Å²) in [5, 5.41) is 7.60. The van der Waals surface area contributed by atoms with E-state index in [1.54, 1.807) is 6.92 Å². The fourth-order valence-corrected chi connectivity index (χ4v) is 3.18. The lowest BCUT2D eigenvalue weighted by molar-refractivity contribution is -0.153. The summed E-state index contributed by atoms with van der Waals surface area (Å²) < 4.78 is 103. The second-order valence-electron chi connectivity index (χ2n) is 6.09. The van der Waals surface area contributed by atoms with Gasteiger partial charge in [0.25, 0.3) is 0 Å². The summed E-state index contributed by atoms with van der Waals surface area (Å²) in [4.78, 5) is -1.05. The number of anilines is 1. The van der Waals surface area contributed by atoms with Crippen LogP contribution >= 0.6 is 0 Å². The monoisotopic (exact) mass is 442 g/mol. The molecule has 3 N–H and O–H groups in total. The molecule has 2 aromatic carbocycles. The first kappa shape index (κ1) is 22.8. The Hall–Kier alpha value is -2.47. The van der Waals surface area contributed by atoms with E-state index in [1.165, 1.54) is 24.3 Å². The number of nitrogens with two attached hydrogens (primary N) is 1. The van der Waals surface area contributed by atoms with Crippen molar-refractivity contribution in [2.24, 2.45) is 5.14 Å². The van der Waals surface area contributed by atoms with Crippen molar-refractivity contribution in [3.8, 4) is 5.75 Å². The van der Waals surface area contributed by atoms with Gasteiger partial charge in [0.05, 0.1) is 10.5 Å². The van der Waals surface area contributed by atoms with Gasteiger partial charge in [0.2, 0.25) is 10.0 Å². The molecule has 29 heavy (non-hydrogen) atoms. The van der Waals surface area contributed by atoms with Crippen LogP contribution in [0.15, 0.2) is 47.4 Å². The molecule has 0 saturated heterocycles. The minimum absolute atomic E-state index is 0.0184. The summed E-state index contributed by atoms with van der Waals surface area (Å²) in [5.74, 6) is -0.0184. The van der Waals surface area contributed by atoms with Crippen LogP contribution in [0.2, 0.25) is 0 Å². The van der Waals surface area contributed by atoms with Gasteiger partial charge in [-0.2, -0.15) is 26.3 Å². The smallest absolute Gasteiger partial charge is 0.422 e. The normalized spacial score (nSPS) is 13.8. The van der Waals surface area contributed by atoms with Crippen LogP contribution in [-0.4, -0.2) is 21.2 Å². The number of benzene rings is 2. The van der Waals surface area contributed by atoms with Crippen molar-refractivity contribution in [1.29, 1.82) is 0 Å². The first-order valence-corrected chi connectivity index (χ1v) is 9.51. The maximum absolute atomic E-state index is 13.2. The fraction of sp³-hybridized carbons (Fsp3) is 0.294. The average Bonchev–Trinajstić information content (AvgIpc) is 2.58. The molecule has 0 radical (unpaired) electrons. The summed E-state index contributed by atoms with van der Waals surface area (Å²) in [6, 6.07) is 7.45. The van der Waals surface area contributed by atoms with Gasteiger partial charge in [0, 0.05) is 11.7 Å². The number of hydrogen-bond acceptors (Lipinski definition) is 4. The highest BCUT2D eigenvalue weighted by molar-refractivity contribution is 7.89. The molecule has 0 aliphatic heterocycles. The molecule has 160 valence electrons. The van der Waals surface area contributed by atoms with Gasteiger partial charge >= 0.3 is 12.4 Å². The molecular weight excluding hydrogens is 426 g/mol. The Morgan fingerprint density at radius 3 is 2.10 bits per heavy atom. The van der Waals surface area contributed by atoms with Crippen molar-refractivity contribution in [3.63, 3.8) is 0 Å². The lowest BCUT2D eigenvalue weighted by Crippen LogP contribution is -2.19.